The molecule has 1 heterocycles. The van der Waals surface area contributed by atoms with E-state index in [-0.39, 0.29) is 17.7 Å². The Balaban J connectivity index is 1.78. The molecule has 0 aromatic heterocycles. The third kappa shape index (κ3) is 5.89. The molecule has 1 aliphatic heterocycles. The van der Waals surface area contributed by atoms with Crippen LogP contribution in [0, 0.1) is 0 Å². The van der Waals surface area contributed by atoms with Gasteiger partial charge in [-0.1, -0.05) is 30.3 Å². The minimum absolute atomic E-state index is 0.0366. The van der Waals surface area contributed by atoms with Gasteiger partial charge in [-0.2, -0.15) is 0 Å². The van der Waals surface area contributed by atoms with Gasteiger partial charge in [0.05, 0.1) is 5.75 Å². The van der Waals surface area contributed by atoms with Crippen molar-refractivity contribution in [2.45, 2.75) is 37.5 Å². The van der Waals surface area contributed by atoms with Crippen LogP contribution in [0.25, 0.3) is 0 Å². The van der Waals surface area contributed by atoms with E-state index in [1.807, 2.05) is 37.4 Å². The first-order valence-corrected chi connectivity index (χ1v) is 10.1. The van der Waals surface area contributed by atoms with Gasteiger partial charge in [0.2, 0.25) is 15.9 Å². The lowest BCUT2D eigenvalue weighted by Gasteiger charge is -2.31. The quantitative estimate of drug-likeness (QED) is 0.686. The second kappa shape index (κ2) is 9.15. The summed E-state index contributed by atoms with van der Waals surface area (Å²) in [6, 6.07) is 9.31. The maximum Gasteiger partial charge on any atom is 0.220 e. The van der Waals surface area contributed by atoms with Gasteiger partial charge in [-0.05, 0) is 38.4 Å². The number of hydrogen-bond acceptors (Lipinski definition) is 4. The van der Waals surface area contributed by atoms with Gasteiger partial charge < -0.3 is 10.6 Å². The summed E-state index contributed by atoms with van der Waals surface area (Å²) in [6.45, 7) is 1.76. The zero-order chi connectivity index (χ0) is 17.4. The third-order valence-corrected chi connectivity index (χ3v) is 6.09. The lowest BCUT2D eigenvalue weighted by molar-refractivity contribution is -0.122. The number of piperidine rings is 1. The van der Waals surface area contributed by atoms with Crippen LogP contribution in [0.15, 0.2) is 30.3 Å². The van der Waals surface area contributed by atoms with Crippen molar-refractivity contribution >= 4 is 15.9 Å². The predicted molar refractivity (Wildman–Crippen MR) is 95.0 cm³/mol. The Kier molecular flexibility index (Phi) is 7.20. The molecule has 0 bridgehead atoms. The Morgan fingerprint density at radius 1 is 1.21 bits per heavy atom. The number of carbonyl (C=O) groups is 1. The highest BCUT2D eigenvalue weighted by molar-refractivity contribution is 7.88. The van der Waals surface area contributed by atoms with Crippen molar-refractivity contribution in [2.24, 2.45) is 0 Å². The van der Waals surface area contributed by atoms with Crippen LogP contribution < -0.4 is 10.6 Å². The molecule has 134 valence electrons. The number of hydrogen-bond donors (Lipinski definition) is 2. The van der Waals surface area contributed by atoms with Gasteiger partial charge in [-0.25, -0.2) is 12.7 Å². The van der Waals surface area contributed by atoms with Crippen LogP contribution in [-0.4, -0.2) is 51.4 Å². The minimum Gasteiger partial charge on any atom is -0.353 e. The van der Waals surface area contributed by atoms with Crippen LogP contribution in [-0.2, 0) is 20.6 Å². The number of nitrogens with zero attached hydrogens (tertiary/aromatic N) is 1. The molecule has 1 aliphatic rings. The molecule has 2 N–H and O–H groups in total. The zero-order valence-corrected chi connectivity index (χ0v) is 15.0. The van der Waals surface area contributed by atoms with E-state index in [2.05, 4.69) is 10.6 Å². The van der Waals surface area contributed by atoms with Gasteiger partial charge in [0.25, 0.3) is 0 Å². The molecule has 0 unspecified atom stereocenters. The summed E-state index contributed by atoms with van der Waals surface area (Å²) in [4.78, 5) is 11.8. The Hall–Kier alpha value is -1.44. The SMILES string of the molecule is CNCCCC(=O)NC1CCN(S(=O)(=O)Cc2ccccc2)CC1. The lowest BCUT2D eigenvalue weighted by Crippen LogP contribution is -2.46. The standard InChI is InChI=1S/C17H27N3O3S/c1-18-11-5-8-17(21)19-16-9-12-20(13-10-16)24(22,23)14-15-6-3-2-4-7-15/h2-4,6-7,16,18H,5,8-14H2,1H3,(H,19,21). The average Bonchev–Trinajstić information content (AvgIpc) is 2.56. The fourth-order valence-electron chi connectivity index (χ4n) is 2.88. The van der Waals surface area contributed by atoms with Crippen molar-refractivity contribution in [1.82, 2.24) is 14.9 Å². The monoisotopic (exact) mass is 353 g/mol. The number of nitrogens with one attached hydrogen (secondary N) is 2. The normalized spacial score (nSPS) is 16.9. The second-order valence-electron chi connectivity index (χ2n) is 6.19. The van der Waals surface area contributed by atoms with Crippen molar-refractivity contribution in [3.05, 3.63) is 35.9 Å². The largest absolute Gasteiger partial charge is 0.353 e. The number of benzene rings is 1. The average molecular weight is 353 g/mol. The van der Waals surface area contributed by atoms with E-state index in [1.54, 1.807) is 4.31 Å². The highest BCUT2D eigenvalue weighted by Crippen LogP contribution is 2.17. The number of amides is 1. The molecular formula is C17H27N3O3S. The van der Waals surface area contributed by atoms with Crippen LogP contribution in [0.5, 0.6) is 0 Å². The minimum atomic E-state index is -3.29. The lowest BCUT2D eigenvalue weighted by atomic mass is 10.1. The van der Waals surface area contributed by atoms with Gasteiger partial charge in [-0.15, -0.1) is 0 Å². The molecule has 1 fully saturated rings. The molecule has 0 atom stereocenters. The van der Waals surface area contributed by atoms with Crippen LogP contribution in [0.1, 0.15) is 31.2 Å². The van der Waals surface area contributed by atoms with E-state index in [9.17, 15) is 13.2 Å². The van der Waals surface area contributed by atoms with Crippen molar-refractivity contribution in [3.63, 3.8) is 0 Å². The van der Waals surface area contributed by atoms with Crippen LogP contribution in [0.2, 0.25) is 0 Å². The summed E-state index contributed by atoms with van der Waals surface area (Å²) in [6.07, 6.45) is 2.66. The molecule has 0 spiro atoms. The Morgan fingerprint density at radius 3 is 2.50 bits per heavy atom. The Morgan fingerprint density at radius 2 is 1.88 bits per heavy atom. The predicted octanol–water partition coefficient (Wildman–Crippen LogP) is 1.10. The smallest absolute Gasteiger partial charge is 0.220 e. The Bertz CT molecular complexity index is 611. The number of sulfonamides is 1. The number of rotatable bonds is 8. The summed E-state index contributed by atoms with van der Waals surface area (Å²) < 4.78 is 26.5. The number of carbonyl (C=O) groups excluding carboxylic acids is 1. The molecule has 0 saturated carbocycles. The molecule has 6 nitrogen and oxygen atoms in total. The van der Waals surface area contributed by atoms with Crippen LogP contribution in [0.4, 0.5) is 0 Å². The maximum atomic E-state index is 12.5. The fraction of sp³-hybridized carbons (Fsp3) is 0.588. The maximum absolute atomic E-state index is 12.5. The third-order valence-electron chi connectivity index (χ3n) is 4.23. The van der Waals surface area contributed by atoms with Crippen molar-refractivity contribution < 1.29 is 13.2 Å². The van der Waals surface area contributed by atoms with E-state index >= 15 is 0 Å². The van der Waals surface area contributed by atoms with Gasteiger partial charge in [0, 0.05) is 25.6 Å². The molecule has 2 rings (SSSR count). The highest BCUT2D eigenvalue weighted by atomic mass is 32.2. The molecule has 1 aromatic carbocycles. The molecular weight excluding hydrogens is 326 g/mol. The van der Waals surface area contributed by atoms with E-state index in [4.69, 9.17) is 0 Å². The highest BCUT2D eigenvalue weighted by Gasteiger charge is 2.28. The van der Waals surface area contributed by atoms with Gasteiger partial charge >= 0.3 is 0 Å². The molecule has 1 saturated heterocycles. The van der Waals surface area contributed by atoms with Crippen molar-refractivity contribution in [3.8, 4) is 0 Å². The van der Waals surface area contributed by atoms with Gasteiger partial charge in [0.1, 0.15) is 0 Å². The summed E-state index contributed by atoms with van der Waals surface area (Å²) >= 11 is 0. The summed E-state index contributed by atoms with van der Waals surface area (Å²) in [7, 11) is -1.43. The first-order valence-electron chi connectivity index (χ1n) is 8.47. The van der Waals surface area contributed by atoms with Crippen LogP contribution >= 0.6 is 0 Å². The fourth-order valence-corrected chi connectivity index (χ4v) is 4.44. The van der Waals surface area contributed by atoms with Crippen molar-refractivity contribution in [1.29, 1.82) is 0 Å². The Labute approximate surface area is 144 Å². The first kappa shape index (κ1) is 18.9. The zero-order valence-electron chi connectivity index (χ0n) is 14.2. The van der Waals surface area contributed by atoms with Gasteiger partial charge in [0.15, 0.2) is 0 Å². The first-order chi connectivity index (χ1) is 11.5. The molecule has 0 radical (unpaired) electrons. The van der Waals surface area contributed by atoms with Crippen molar-refractivity contribution in [2.75, 3.05) is 26.7 Å². The molecule has 0 aliphatic carbocycles. The van der Waals surface area contributed by atoms with E-state index in [1.165, 1.54) is 0 Å². The summed E-state index contributed by atoms with van der Waals surface area (Å²) in [5.41, 5.74) is 0.803. The molecule has 24 heavy (non-hydrogen) atoms. The van der Waals surface area contributed by atoms with Gasteiger partial charge in [-0.3, -0.25) is 4.79 Å². The molecule has 7 heteroatoms. The topological polar surface area (TPSA) is 78.5 Å². The van der Waals surface area contributed by atoms with E-state index in [0.717, 1.165) is 18.5 Å². The van der Waals surface area contributed by atoms with E-state index in [0.29, 0.717) is 32.4 Å². The molecule has 1 aromatic rings. The van der Waals surface area contributed by atoms with E-state index < -0.39 is 10.0 Å². The molecule has 1 amide bonds. The second-order valence-corrected chi connectivity index (χ2v) is 8.16. The van der Waals surface area contributed by atoms with Crippen LogP contribution in [0.3, 0.4) is 0 Å². The summed E-state index contributed by atoms with van der Waals surface area (Å²) in [5.74, 6) is 0.0883. The summed E-state index contributed by atoms with van der Waals surface area (Å²) in [5, 5.41) is 6.03.